The van der Waals surface area contributed by atoms with Crippen LogP contribution in [-0.2, 0) is 34.0 Å². The number of Topliss-reactive ketones (excluding diaryl/α,β-unsaturated/α-hetero) is 3. The van der Waals surface area contributed by atoms with Crippen molar-refractivity contribution >= 4 is 33.4 Å². The molecule has 0 amide bonds. The number of ketones is 3. The summed E-state index contributed by atoms with van der Waals surface area (Å²) in [6.45, 7) is 5.88. The summed E-state index contributed by atoms with van der Waals surface area (Å²) in [4.78, 5) is 51.4. The summed E-state index contributed by atoms with van der Waals surface area (Å²) in [7, 11) is -4.18. The first kappa shape index (κ1) is 26.5. The minimum Gasteiger partial charge on any atom is -0.464 e. The molecular formula is C26H38O8S. The summed E-state index contributed by atoms with van der Waals surface area (Å²) >= 11 is 0. The molecule has 9 heteroatoms. The number of carbonyl (C=O) groups is 4. The molecule has 0 aromatic rings. The zero-order chi connectivity index (χ0) is 25.8. The summed E-state index contributed by atoms with van der Waals surface area (Å²) in [5.41, 5.74) is -0.738. The Hall–Kier alpha value is -1.61. The maximum absolute atomic E-state index is 13.8. The largest absolute Gasteiger partial charge is 0.464 e. The van der Waals surface area contributed by atoms with E-state index in [0.717, 1.165) is 19.3 Å². The highest BCUT2D eigenvalue weighted by Crippen LogP contribution is 2.66. The van der Waals surface area contributed by atoms with Gasteiger partial charge in [0.05, 0.1) is 0 Å². The van der Waals surface area contributed by atoms with Crippen LogP contribution < -0.4 is 0 Å². The van der Waals surface area contributed by atoms with E-state index in [4.69, 9.17) is 9.29 Å². The second-order valence-electron chi connectivity index (χ2n) is 12.0. The lowest BCUT2D eigenvalue weighted by atomic mass is 9.44. The van der Waals surface area contributed by atoms with Crippen molar-refractivity contribution in [1.29, 1.82) is 0 Å². The lowest BCUT2D eigenvalue weighted by Crippen LogP contribution is -2.60. The van der Waals surface area contributed by atoms with E-state index in [-0.39, 0.29) is 71.3 Å². The van der Waals surface area contributed by atoms with Crippen LogP contribution in [0.5, 0.6) is 0 Å². The molecule has 0 aromatic heterocycles. The van der Waals surface area contributed by atoms with Crippen molar-refractivity contribution in [3.05, 3.63) is 0 Å². The minimum absolute atomic E-state index is 0.00538. The first-order valence-corrected chi connectivity index (χ1v) is 14.6. The molecule has 0 heterocycles. The summed E-state index contributed by atoms with van der Waals surface area (Å²) in [6, 6.07) is 0. The molecular weight excluding hydrogens is 472 g/mol. The average molecular weight is 511 g/mol. The Bertz CT molecular complexity index is 1020. The van der Waals surface area contributed by atoms with Gasteiger partial charge in [0.2, 0.25) is 0 Å². The summed E-state index contributed by atoms with van der Waals surface area (Å²) in [5, 5.41) is 0. The van der Waals surface area contributed by atoms with Crippen molar-refractivity contribution in [1.82, 2.24) is 0 Å². The van der Waals surface area contributed by atoms with Gasteiger partial charge >= 0.3 is 5.97 Å². The molecule has 0 saturated heterocycles. The van der Waals surface area contributed by atoms with Crippen molar-refractivity contribution in [3.63, 3.8) is 0 Å². The second kappa shape index (κ2) is 9.36. The second-order valence-corrected chi connectivity index (χ2v) is 13.5. The van der Waals surface area contributed by atoms with Gasteiger partial charge in [-0.2, -0.15) is 8.42 Å². The molecule has 8 nitrogen and oxygen atoms in total. The van der Waals surface area contributed by atoms with Crippen LogP contribution in [0, 0.1) is 46.3 Å². The average Bonchev–Trinajstić information content (AvgIpc) is 3.12. The Kier molecular flexibility index (Phi) is 7.07. The van der Waals surface area contributed by atoms with E-state index in [1.54, 1.807) is 0 Å². The smallest absolute Gasteiger partial charge is 0.305 e. The molecule has 4 fully saturated rings. The molecule has 0 unspecified atom stereocenters. The maximum Gasteiger partial charge on any atom is 0.305 e. The zero-order valence-corrected chi connectivity index (χ0v) is 21.8. The third-order valence-electron chi connectivity index (χ3n) is 10.3. The van der Waals surface area contributed by atoms with Gasteiger partial charge in [-0.25, -0.2) is 0 Å². The quantitative estimate of drug-likeness (QED) is 0.407. The molecule has 35 heavy (non-hydrogen) atoms. The van der Waals surface area contributed by atoms with E-state index in [2.05, 4.69) is 6.92 Å². The van der Waals surface area contributed by atoms with E-state index in [0.29, 0.717) is 32.1 Å². The van der Waals surface area contributed by atoms with E-state index >= 15 is 0 Å². The molecule has 0 radical (unpaired) electrons. The Morgan fingerprint density at radius 1 is 1.11 bits per heavy atom. The molecule has 196 valence electrons. The third kappa shape index (κ3) is 4.75. The van der Waals surface area contributed by atoms with E-state index in [9.17, 15) is 27.6 Å². The van der Waals surface area contributed by atoms with E-state index in [1.165, 1.54) is 0 Å². The predicted molar refractivity (Wildman–Crippen MR) is 127 cm³/mol. The number of esters is 1. The Labute approximate surface area is 207 Å². The highest BCUT2D eigenvalue weighted by Gasteiger charge is 2.66. The van der Waals surface area contributed by atoms with Crippen LogP contribution in [0.1, 0.15) is 78.6 Å². The molecule has 0 bridgehead atoms. The van der Waals surface area contributed by atoms with Crippen LogP contribution in [0.25, 0.3) is 0 Å². The van der Waals surface area contributed by atoms with Gasteiger partial charge in [0.15, 0.2) is 0 Å². The van der Waals surface area contributed by atoms with Crippen LogP contribution in [0.15, 0.2) is 0 Å². The van der Waals surface area contributed by atoms with Crippen LogP contribution in [0.2, 0.25) is 0 Å². The van der Waals surface area contributed by atoms with Crippen LogP contribution in [0.4, 0.5) is 0 Å². The SMILES string of the molecule is C[C@H](CCC(=O)OCCS(=O)(=O)O)[C@H]1CC[C@H]2[C@@H]3C(=O)C[C@H]4CC(=O)CC[C@]4(C)[C@H]3CC(=O)[C@]12C. The molecule has 8 atom stereocenters. The molecule has 0 aromatic carbocycles. The van der Waals surface area contributed by atoms with Gasteiger partial charge in [-0.1, -0.05) is 20.8 Å². The maximum atomic E-state index is 13.8. The summed E-state index contributed by atoms with van der Waals surface area (Å²) in [5.74, 6) is -0.396. The predicted octanol–water partition coefficient (Wildman–Crippen LogP) is 3.42. The number of hydrogen-bond acceptors (Lipinski definition) is 7. The van der Waals surface area contributed by atoms with Crippen molar-refractivity contribution in [3.8, 4) is 0 Å². The number of rotatable bonds is 7. The summed E-state index contributed by atoms with van der Waals surface area (Å²) in [6.07, 6.45) is 4.88. The number of ether oxygens (including phenoxy) is 1. The number of carbonyl (C=O) groups excluding carboxylic acids is 4. The first-order valence-electron chi connectivity index (χ1n) is 13.0. The minimum atomic E-state index is -4.18. The molecule has 0 aliphatic heterocycles. The molecule has 1 N–H and O–H groups in total. The van der Waals surface area contributed by atoms with Crippen molar-refractivity contribution in [2.45, 2.75) is 78.6 Å². The lowest BCUT2D eigenvalue weighted by molar-refractivity contribution is -0.166. The fraction of sp³-hybridized carbons (Fsp3) is 0.846. The van der Waals surface area contributed by atoms with Gasteiger partial charge in [-0.05, 0) is 60.7 Å². The molecule has 4 saturated carbocycles. The lowest BCUT2D eigenvalue weighted by Gasteiger charge is -2.58. The topological polar surface area (TPSA) is 132 Å². The van der Waals surface area contributed by atoms with Gasteiger partial charge < -0.3 is 4.74 Å². The number of fused-ring (bicyclic) bond motifs is 5. The summed E-state index contributed by atoms with van der Waals surface area (Å²) < 4.78 is 35.2. The molecule has 4 aliphatic rings. The van der Waals surface area contributed by atoms with Crippen molar-refractivity contribution in [2.24, 2.45) is 46.3 Å². The van der Waals surface area contributed by atoms with E-state index in [1.807, 2.05) is 13.8 Å². The van der Waals surface area contributed by atoms with Gasteiger partial charge in [-0.3, -0.25) is 23.7 Å². The van der Waals surface area contributed by atoms with Crippen LogP contribution in [0.3, 0.4) is 0 Å². The molecule has 4 rings (SSSR count). The molecule has 0 spiro atoms. The van der Waals surface area contributed by atoms with Gasteiger partial charge in [-0.15, -0.1) is 0 Å². The van der Waals surface area contributed by atoms with Crippen LogP contribution >= 0.6 is 0 Å². The van der Waals surface area contributed by atoms with Crippen LogP contribution in [-0.4, -0.2) is 48.6 Å². The molecule has 4 aliphatic carbocycles. The fourth-order valence-electron chi connectivity index (χ4n) is 8.27. The third-order valence-corrected chi connectivity index (χ3v) is 11.0. The normalized spacial score (nSPS) is 40.0. The highest BCUT2D eigenvalue weighted by atomic mass is 32.2. The van der Waals surface area contributed by atoms with Gasteiger partial charge in [0.25, 0.3) is 10.1 Å². The van der Waals surface area contributed by atoms with Gasteiger partial charge in [0.1, 0.15) is 29.7 Å². The first-order chi connectivity index (χ1) is 16.3. The van der Waals surface area contributed by atoms with Gasteiger partial charge in [0, 0.05) is 43.4 Å². The standard InChI is InChI=1S/C26H38O8S/c1-15(4-7-23(30)34-10-11-35(31,32)33)18-5-6-19-24-20(14-22(29)26(18,19)3)25(2)9-8-17(27)12-16(25)13-21(24)28/h15-16,18-20,24H,4-14H2,1-3H3,(H,31,32,33)/t15-,16-,18-,19+,20+,24+,25+,26-/m1/s1. The highest BCUT2D eigenvalue weighted by molar-refractivity contribution is 7.85. The number of hydrogen-bond donors (Lipinski definition) is 1. The Balaban J connectivity index is 1.45. The van der Waals surface area contributed by atoms with Crippen molar-refractivity contribution in [2.75, 3.05) is 12.4 Å². The Morgan fingerprint density at radius 3 is 2.51 bits per heavy atom. The Morgan fingerprint density at radius 2 is 1.83 bits per heavy atom. The van der Waals surface area contributed by atoms with E-state index < -0.39 is 27.3 Å². The van der Waals surface area contributed by atoms with Crippen molar-refractivity contribution < 1.29 is 36.9 Å². The monoisotopic (exact) mass is 510 g/mol. The zero-order valence-electron chi connectivity index (χ0n) is 21.0. The fourth-order valence-corrected chi connectivity index (χ4v) is 8.56.